The number of carbonyl (C=O) groups is 1. The maximum Gasteiger partial charge on any atom is 0.472 e. The molecular weight excluding hydrogens is 705 g/mol. The van der Waals surface area contributed by atoms with E-state index < -0.39 is 32.1 Å². The van der Waals surface area contributed by atoms with Gasteiger partial charge in [-0.3, -0.25) is 13.8 Å². The first kappa shape index (κ1) is 52.2. The van der Waals surface area contributed by atoms with Crippen LogP contribution in [0.3, 0.4) is 0 Å². The van der Waals surface area contributed by atoms with Gasteiger partial charge >= 0.3 is 13.8 Å². The molecule has 54 heavy (non-hydrogen) atoms. The summed E-state index contributed by atoms with van der Waals surface area (Å²) in [7, 11) is -4.34. The molecule has 0 bridgehead atoms. The summed E-state index contributed by atoms with van der Waals surface area (Å²) in [4.78, 5) is 22.3. The van der Waals surface area contributed by atoms with Crippen LogP contribution in [0.1, 0.15) is 174 Å². The predicted molar refractivity (Wildman–Crippen MR) is 222 cm³/mol. The van der Waals surface area contributed by atoms with Crippen LogP contribution in [-0.2, 0) is 27.9 Å². The van der Waals surface area contributed by atoms with Gasteiger partial charge in [0.1, 0.15) is 6.61 Å². The van der Waals surface area contributed by atoms with Crippen LogP contribution in [0.4, 0.5) is 0 Å². The van der Waals surface area contributed by atoms with Crippen LogP contribution in [-0.4, -0.2) is 65.8 Å². The van der Waals surface area contributed by atoms with E-state index in [9.17, 15) is 24.5 Å². The Morgan fingerprint density at radius 2 is 1.17 bits per heavy atom. The minimum absolute atomic E-state index is 0.0398. The van der Waals surface area contributed by atoms with Crippen LogP contribution >= 0.6 is 7.82 Å². The van der Waals surface area contributed by atoms with Crippen molar-refractivity contribution < 1.29 is 43.0 Å². The highest BCUT2D eigenvalue weighted by atomic mass is 31.2. The molecule has 0 aliphatic carbocycles. The quantitative estimate of drug-likeness (QED) is 0.0155. The van der Waals surface area contributed by atoms with E-state index in [1.807, 2.05) is 18.2 Å². The van der Waals surface area contributed by atoms with Crippen molar-refractivity contribution in [2.45, 2.75) is 193 Å². The summed E-state index contributed by atoms with van der Waals surface area (Å²) >= 11 is 0. The number of rotatable bonds is 40. The second kappa shape index (κ2) is 39.5. The fourth-order valence-electron chi connectivity index (χ4n) is 5.67. The van der Waals surface area contributed by atoms with Crippen LogP contribution in [0.25, 0.3) is 0 Å². The van der Waals surface area contributed by atoms with Crippen molar-refractivity contribution in [2.75, 3.05) is 26.4 Å². The minimum Gasteiger partial charge on any atom is -0.492 e. The number of aliphatic hydroxyl groups excluding tert-OH is 2. The molecule has 5 N–H and O–H groups in total. The molecule has 4 atom stereocenters. The van der Waals surface area contributed by atoms with Gasteiger partial charge in [0.15, 0.2) is 6.10 Å². The van der Waals surface area contributed by atoms with Gasteiger partial charge in [0, 0.05) is 13.0 Å². The van der Waals surface area contributed by atoms with Gasteiger partial charge in [0.25, 0.3) is 0 Å². The number of phosphoric acid groups is 1. The van der Waals surface area contributed by atoms with Gasteiger partial charge in [-0.05, 0) is 63.9 Å². The minimum atomic E-state index is -4.34. The predicted octanol–water partition coefficient (Wildman–Crippen LogP) is 10.7. The van der Waals surface area contributed by atoms with Crippen LogP contribution in [0.2, 0.25) is 0 Å². The molecule has 0 aromatic rings. The molecule has 0 heterocycles. The number of nitrogens with two attached hydrogens (primary N) is 1. The lowest BCUT2D eigenvalue weighted by Gasteiger charge is -2.19. The van der Waals surface area contributed by atoms with Crippen molar-refractivity contribution in [1.82, 2.24) is 0 Å². The molecule has 10 nitrogen and oxygen atoms in total. The smallest absolute Gasteiger partial charge is 0.472 e. The highest BCUT2D eigenvalue weighted by molar-refractivity contribution is 7.47. The average molecular weight is 786 g/mol. The Morgan fingerprint density at radius 3 is 1.78 bits per heavy atom. The van der Waals surface area contributed by atoms with E-state index in [0.717, 1.165) is 38.5 Å². The first-order valence-electron chi connectivity index (χ1n) is 21.3. The summed E-state index contributed by atoms with van der Waals surface area (Å²) in [5.74, 6) is -0.509. The molecule has 0 aliphatic rings. The zero-order valence-electron chi connectivity index (χ0n) is 34.2. The van der Waals surface area contributed by atoms with Crippen LogP contribution < -0.4 is 5.73 Å². The largest absolute Gasteiger partial charge is 0.492 e. The maximum absolute atomic E-state index is 12.4. The number of phosphoric ester groups is 1. The molecule has 0 aromatic carbocycles. The summed E-state index contributed by atoms with van der Waals surface area (Å²) in [6.45, 7) is 3.85. The third kappa shape index (κ3) is 37.2. The standard InChI is InChI=1S/C43H80NO9P/c1-3-5-7-9-11-13-15-17-18-19-20-22-24-26-28-30-36-50-40(39-53-54(48,49)52-37-35-44)38-51-43(47)34-31-33-42(46)41(45)32-29-27-25-23-21-16-14-12-10-8-6-4-2/h12,14,21,23,27,29-30,36,40-42,45-46H,3-11,13,15-20,22,24-26,28,31-35,37-39,44H2,1-2H3,(H,48,49)/b14-12-,23-21-,29-27-,36-30+/t40-,41?,42?/m1/s1. The lowest BCUT2D eigenvalue weighted by molar-refractivity contribution is -0.147. The third-order valence-corrected chi connectivity index (χ3v) is 10.0. The highest BCUT2D eigenvalue weighted by Gasteiger charge is 2.24. The lowest BCUT2D eigenvalue weighted by atomic mass is 10.0. The van der Waals surface area contributed by atoms with Gasteiger partial charge in [-0.1, -0.05) is 147 Å². The Bertz CT molecular complexity index is 1000. The highest BCUT2D eigenvalue weighted by Crippen LogP contribution is 2.43. The first-order chi connectivity index (χ1) is 26.3. The van der Waals surface area contributed by atoms with E-state index in [4.69, 9.17) is 24.3 Å². The molecule has 0 amide bonds. The van der Waals surface area contributed by atoms with Gasteiger partial charge in [0.05, 0.1) is 31.7 Å². The number of unbranched alkanes of at least 4 members (excludes halogenated alkanes) is 17. The number of carbonyl (C=O) groups excluding carboxylic acids is 1. The fraction of sp³-hybridized carbons (Fsp3) is 0.791. The zero-order chi connectivity index (χ0) is 39.8. The molecule has 0 saturated heterocycles. The topological polar surface area (TPSA) is 158 Å². The molecule has 0 rings (SSSR count). The van der Waals surface area contributed by atoms with E-state index >= 15 is 0 Å². The molecule has 11 heteroatoms. The molecule has 0 saturated carbocycles. The van der Waals surface area contributed by atoms with Gasteiger partial charge in [0.2, 0.25) is 0 Å². The van der Waals surface area contributed by atoms with Gasteiger partial charge < -0.3 is 30.3 Å². The van der Waals surface area contributed by atoms with Crippen molar-refractivity contribution in [1.29, 1.82) is 0 Å². The number of ether oxygens (including phenoxy) is 2. The molecule has 316 valence electrons. The molecule has 0 radical (unpaired) electrons. The Labute approximate surface area is 329 Å². The Hall–Kier alpha value is -1.78. The normalized spacial score (nSPS) is 15.1. The Kier molecular flexibility index (Phi) is 38.2. The van der Waals surface area contributed by atoms with Crippen molar-refractivity contribution in [2.24, 2.45) is 5.73 Å². The molecular formula is C43H80NO9P. The SMILES string of the molecule is CCCCC/C=C\C/C=C\C/C=C\CC(O)C(O)CCCC(=O)OC[C@H](COP(=O)(O)OCCN)O/C=C/CCCCCCCCCCCCCCCC. The summed E-state index contributed by atoms with van der Waals surface area (Å²) in [6, 6.07) is 0. The van der Waals surface area contributed by atoms with Gasteiger partial charge in [-0.25, -0.2) is 4.57 Å². The Morgan fingerprint density at radius 1 is 0.648 bits per heavy atom. The fourth-order valence-corrected chi connectivity index (χ4v) is 6.44. The summed E-state index contributed by atoms with van der Waals surface area (Å²) in [5.41, 5.74) is 5.35. The molecule has 0 aromatic heterocycles. The van der Waals surface area contributed by atoms with Crippen molar-refractivity contribution in [3.8, 4) is 0 Å². The van der Waals surface area contributed by atoms with Crippen molar-refractivity contribution in [3.05, 3.63) is 48.8 Å². The number of aliphatic hydroxyl groups is 2. The van der Waals surface area contributed by atoms with Crippen molar-refractivity contribution in [3.63, 3.8) is 0 Å². The van der Waals surface area contributed by atoms with E-state index in [-0.39, 0.29) is 39.2 Å². The van der Waals surface area contributed by atoms with Crippen LogP contribution in [0.15, 0.2) is 48.8 Å². The lowest BCUT2D eigenvalue weighted by Crippen LogP contribution is -2.27. The van der Waals surface area contributed by atoms with Gasteiger partial charge in [-0.2, -0.15) is 0 Å². The van der Waals surface area contributed by atoms with Crippen molar-refractivity contribution >= 4 is 13.8 Å². The maximum atomic E-state index is 12.4. The molecule has 0 spiro atoms. The van der Waals surface area contributed by atoms with E-state index in [1.165, 1.54) is 103 Å². The second-order valence-corrected chi connectivity index (χ2v) is 15.7. The Balaban J connectivity index is 4.34. The number of hydrogen-bond donors (Lipinski definition) is 4. The van der Waals surface area contributed by atoms with Crippen LogP contribution in [0.5, 0.6) is 0 Å². The average Bonchev–Trinajstić information content (AvgIpc) is 3.16. The second-order valence-electron chi connectivity index (χ2n) is 14.2. The van der Waals surface area contributed by atoms with Gasteiger partial charge in [-0.15, -0.1) is 0 Å². The number of hydrogen-bond acceptors (Lipinski definition) is 9. The van der Waals surface area contributed by atoms with Crippen LogP contribution in [0, 0.1) is 0 Å². The molecule has 0 fully saturated rings. The monoisotopic (exact) mass is 786 g/mol. The molecule has 0 aliphatic heterocycles. The molecule has 3 unspecified atom stereocenters. The zero-order valence-corrected chi connectivity index (χ0v) is 35.1. The van der Waals surface area contributed by atoms with E-state index in [2.05, 4.69) is 38.2 Å². The number of allylic oxidation sites excluding steroid dienone is 6. The summed E-state index contributed by atoms with van der Waals surface area (Å²) in [6.07, 6.45) is 39.7. The first-order valence-corrected chi connectivity index (χ1v) is 22.8. The number of esters is 1. The summed E-state index contributed by atoms with van der Waals surface area (Å²) < 4.78 is 33.0. The third-order valence-electron chi connectivity index (χ3n) is 9.04. The van der Waals surface area contributed by atoms with E-state index in [1.54, 1.807) is 0 Å². The summed E-state index contributed by atoms with van der Waals surface area (Å²) in [5, 5.41) is 20.6. The van der Waals surface area contributed by atoms with E-state index in [0.29, 0.717) is 12.8 Å².